The standard InChI is InChI=1S/C26H20F4N8/c1-3-16-8-7-11-19(24(2)35-36-24)18(16)14-38-33-20-21(34-38)31-23(26(29,30)17-9-5-4-6-10-17)32-22(20)37-13-12-25(27,28)15-37/h1,4-11H,12-15H2,2H3. The molecule has 2 aliphatic heterocycles. The normalized spacial score (nSPS) is 17.6. The Morgan fingerprint density at radius 2 is 1.79 bits per heavy atom. The van der Waals surface area contributed by atoms with Crippen molar-refractivity contribution in [2.24, 2.45) is 10.2 Å². The Kier molecular flexibility index (Phi) is 5.24. The maximum Gasteiger partial charge on any atom is 0.331 e. The van der Waals surface area contributed by atoms with E-state index in [0.29, 0.717) is 11.1 Å². The highest BCUT2D eigenvalue weighted by Gasteiger charge is 2.43. The number of aromatic nitrogens is 5. The molecule has 2 aromatic carbocycles. The largest absolute Gasteiger partial charge is 0.348 e. The minimum atomic E-state index is -3.59. The van der Waals surface area contributed by atoms with E-state index in [4.69, 9.17) is 6.42 Å². The Hall–Kier alpha value is -4.40. The number of anilines is 1. The van der Waals surface area contributed by atoms with E-state index in [9.17, 15) is 8.78 Å². The van der Waals surface area contributed by atoms with Gasteiger partial charge in [0.05, 0.1) is 13.1 Å². The van der Waals surface area contributed by atoms with Crippen molar-refractivity contribution in [1.29, 1.82) is 0 Å². The number of nitrogens with zero attached hydrogens (tertiary/aromatic N) is 8. The molecule has 0 radical (unpaired) electrons. The Morgan fingerprint density at radius 1 is 1.03 bits per heavy atom. The molecule has 0 spiro atoms. The maximum absolute atomic E-state index is 15.5. The van der Waals surface area contributed by atoms with E-state index < -0.39 is 36.3 Å². The van der Waals surface area contributed by atoms with Crippen LogP contribution in [0.15, 0.2) is 58.8 Å². The van der Waals surface area contributed by atoms with Crippen molar-refractivity contribution in [1.82, 2.24) is 25.0 Å². The molecule has 0 unspecified atom stereocenters. The molecule has 0 aliphatic carbocycles. The first-order valence-corrected chi connectivity index (χ1v) is 11.8. The number of terminal acetylenes is 1. The van der Waals surface area contributed by atoms with E-state index in [-0.39, 0.29) is 35.6 Å². The van der Waals surface area contributed by atoms with Crippen molar-refractivity contribution >= 4 is 17.0 Å². The lowest BCUT2D eigenvalue weighted by Crippen LogP contribution is -2.28. The number of benzene rings is 2. The van der Waals surface area contributed by atoms with Crippen LogP contribution in [-0.2, 0) is 18.1 Å². The van der Waals surface area contributed by atoms with Gasteiger partial charge in [0.1, 0.15) is 0 Å². The fraction of sp³-hybridized carbons (Fsp3) is 0.308. The van der Waals surface area contributed by atoms with Gasteiger partial charge >= 0.3 is 5.92 Å². The topological polar surface area (TPSA) is 84.4 Å². The Bertz CT molecular complexity index is 1620. The summed E-state index contributed by atoms with van der Waals surface area (Å²) in [4.78, 5) is 10.6. The van der Waals surface area contributed by atoms with E-state index in [0.717, 1.165) is 5.56 Å². The number of hydrogen-bond donors (Lipinski definition) is 0. The van der Waals surface area contributed by atoms with Crippen LogP contribution in [0.2, 0.25) is 0 Å². The second-order valence-electron chi connectivity index (χ2n) is 9.44. The van der Waals surface area contributed by atoms with Crippen LogP contribution >= 0.6 is 0 Å². The third kappa shape index (κ3) is 4.04. The highest BCUT2D eigenvalue weighted by atomic mass is 19.3. The van der Waals surface area contributed by atoms with Gasteiger partial charge < -0.3 is 4.90 Å². The van der Waals surface area contributed by atoms with Crippen molar-refractivity contribution < 1.29 is 17.6 Å². The fourth-order valence-corrected chi connectivity index (χ4v) is 4.62. The van der Waals surface area contributed by atoms with E-state index in [2.05, 4.69) is 36.3 Å². The highest BCUT2D eigenvalue weighted by Crippen LogP contribution is 2.42. The molecule has 0 saturated carbocycles. The molecule has 0 amide bonds. The summed E-state index contributed by atoms with van der Waals surface area (Å²) >= 11 is 0. The minimum absolute atomic E-state index is 0.0436. The van der Waals surface area contributed by atoms with Crippen LogP contribution in [-0.4, -0.2) is 44.0 Å². The molecule has 0 bridgehead atoms. The monoisotopic (exact) mass is 520 g/mol. The zero-order valence-corrected chi connectivity index (χ0v) is 20.1. The molecule has 2 aliphatic rings. The molecule has 6 rings (SSSR count). The van der Waals surface area contributed by atoms with Gasteiger partial charge in [0, 0.05) is 29.7 Å². The predicted octanol–water partition coefficient (Wildman–Crippen LogP) is 4.87. The molecule has 0 atom stereocenters. The van der Waals surface area contributed by atoms with Crippen LogP contribution in [0.3, 0.4) is 0 Å². The van der Waals surface area contributed by atoms with Gasteiger partial charge in [-0.25, -0.2) is 18.7 Å². The third-order valence-corrected chi connectivity index (χ3v) is 6.70. The van der Waals surface area contributed by atoms with E-state index in [1.165, 1.54) is 34.0 Å². The van der Waals surface area contributed by atoms with Gasteiger partial charge in [-0.2, -0.15) is 23.8 Å². The highest BCUT2D eigenvalue weighted by molar-refractivity contribution is 5.83. The molecule has 38 heavy (non-hydrogen) atoms. The zero-order chi connectivity index (χ0) is 26.7. The van der Waals surface area contributed by atoms with E-state index in [1.807, 2.05) is 13.0 Å². The SMILES string of the molecule is C#Cc1cccc(C2(C)N=N2)c1Cn1nc2nc(C(F)(F)c3ccccc3)nc(N3CCC(F)(F)C3)c2n1. The molecule has 0 N–H and O–H groups in total. The summed E-state index contributed by atoms with van der Waals surface area (Å²) in [6.07, 6.45) is 5.29. The average Bonchev–Trinajstić information content (AvgIpc) is 3.35. The molecule has 12 heteroatoms. The van der Waals surface area contributed by atoms with Crippen molar-refractivity contribution in [3.8, 4) is 12.3 Å². The maximum atomic E-state index is 15.5. The van der Waals surface area contributed by atoms with Crippen LogP contribution < -0.4 is 4.90 Å². The number of alkyl halides is 4. The predicted molar refractivity (Wildman–Crippen MR) is 130 cm³/mol. The lowest BCUT2D eigenvalue weighted by Gasteiger charge is -2.20. The summed E-state index contributed by atoms with van der Waals surface area (Å²) in [6.45, 7) is 1.14. The lowest BCUT2D eigenvalue weighted by molar-refractivity contribution is 0.0256. The van der Waals surface area contributed by atoms with Gasteiger partial charge in [0.15, 0.2) is 11.3 Å². The van der Waals surface area contributed by atoms with E-state index in [1.54, 1.807) is 18.2 Å². The van der Waals surface area contributed by atoms with Crippen molar-refractivity contribution in [3.05, 3.63) is 76.6 Å². The Morgan fingerprint density at radius 3 is 2.45 bits per heavy atom. The second kappa shape index (κ2) is 8.31. The summed E-state index contributed by atoms with van der Waals surface area (Å²) < 4.78 is 59.2. The van der Waals surface area contributed by atoms with E-state index >= 15 is 8.78 Å². The van der Waals surface area contributed by atoms with Crippen molar-refractivity contribution in [2.45, 2.75) is 37.4 Å². The zero-order valence-electron chi connectivity index (χ0n) is 20.1. The number of fused-ring (bicyclic) bond motifs is 1. The third-order valence-electron chi connectivity index (χ3n) is 6.70. The Labute approximate surface area is 214 Å². The molecule has 2 aromatic heterocycles. The van der Waals surface area contributed by atoms with Crippen LogP contribution in [0.5, 0.6) is 0 Å². The first-order valence-electron chi connectivity index (χ1n) is 11.8. The number of rotatable bonds is 6. The summed E-state index contributed by atoms with van der Waals surface area (Å²) in [7, 11) is 0. The second-order valence-corrected chi connectivity index (χ2v) is 9.44. The summed E-state index contributed by atoms with van der Waals surface area (Å²) in [5, 5.41) is 17.0. The van der Waals surface area contributed by atoms with Gasteiger partial charge in [-0.05, 0) is 18.6 Å². The summed E-state index contributed by atoms with van der Waals surface area (Å²) in [5.74, 6) is -4.91. The molecule has 1 fully saturated rings. The molecular weight excluding hydrogens is 500 g/mol. The molecule has 192 valence electrons. The van der Waals surface area contributed by atoms with Crippen LogP contribution in [0.4, 0.5) is 23.4 Å². The first-order chi connectivity index (χ1) is 18.1. The molecule has 4 heterocycles. The van der Waals surface area contributed by atoms with Crippen molar-refractivity contribution in [3.63, 3.8) is 0 Å². The van der Waals surface area contributed by atoms with Crippen molar-refractivity contribution in [2.75, 3.05) is 18.0 Å². The van der Waals surface area contributed by atoms with Crippen LogP contribution in [0.1, 0.15) is 41.4 Å². The molecule has 1 saturated heterocycles. The molecule has 4 aromatic rings. The lowest BCUT2D eigenvalue weighted by atomic mass is 9.94. The number of halogens is 4. The van der Waals surface area contributed by atoms with Gasteiger partial charge in [0.2, 0.25) is 17.1 Å². The summed E-state index contributed by atoms with van der Waals surface area (Å²) in [6, 6.07) is 12.4. The van der Waals surface area contributed by atoms with Gasteiger partial charge in [-0.1, -0.05) is 48.4 Å². The fourth-order valence-electron chi connectivity index (χ4n) is 4.62. The van der Waals surface area contributed by atoms with Gasteiger partial charge in [-0.15, -0.1) is 16.6 Å². The molecule has 8 nitrogen and oxygen atoms in total. The van der Waals surface area contributed by atoms with Crippen LogP contribution in [0, 0.1) is 12.3 Å². The summed E-state index contributed by atoms with van der Waals surface area (Å²) in [5.41, 5.74) is 0.846. The minimum Gasteiger partial charge on any atom is -0.348 e. The number of hydrogen-bond acceptors (Lipinski definition) is 7. The van der Waals surface area contributed by atoms with Crippen LogP contribution in [0.25, 0.3) is 11.2 Å². The van der Waals surface area contributed by atoms with Gasteiger partial charge in [-0.3, -0.25) is 0 Å². The first kappa shape index (κ1) is 24.0. The smallest absolute Gasteiger partial charge is 0.331 e. The molecular formula is C26H20F4N8. The Balaban J connectivity index is 1.48. The average molecular weight is 520 g/mol. The quantitative estimate of drug-likeness (QED) is 0.267. The van der Waals surface area contributed by atoms with Gasteiger partial charge in [0.25, 0.3) is 5.92 Å².